The number of anilines is 1. The van der Waals surface area contributed by atoms with Crippen molar-refractivity contribution < 1.29 is 18.0 Å². The number of hydrogen-bond acceptors (Lipinski definition) is 4. The predicted octanol–water partition coefficient (Wildman–Crippen LogP) is 5.53. The number of nitrogens with one attached hydrogen (secondary N) is 1. The van der Waals surface area contributed by atoms with Gasteiger partial charge in [0.2, 0.25) is 21.8 Å². The number of halogens is 3. The largest absolute Gasteiger partial charge is 0.350 e. The van der Waals surface area contributed by atoms with E-state index in [4.69, 9.17) is 34.8 Å². The second kappa shape index (κ2) is 12.5. The van der Waals surface area contributed by atoms with Gasteiger partial charge in [-0.05, 0) is 76.1 Å². The van der Waals surface area contributed by atoms with E-state index in [0.29, 0.717) is 26.3 Å². The third kappa shape index (κ3) is 9.14. The van der Waals surface area contributed by atoms with E-state index in [0.717, 1.165) is 6.26 Å². The van der Waals surface area contributed by atoms with Crippen LogP contribution in [0.1, 0.15) is 46.1 Å². The second-order valence-corrected chi connectivity index (χ2v) is 12.8. The van der Waals surface area contributed by atoms with Gasteiger partial charge >= 0.3 is 0 Å². The van der Waals surface area contributed by atoms with Crippen molar-refractivity contribution in [1.82, 2.24) is 10.2 Å². The summed E-state index contributed by atoms with van der Waals surface area (Å²) in [5.74, 6) is -0.609. The molecule has 0 spiro atoms. The van der Waals surface area contributed by atoms with E-state index in [1.807, 2.05) is 20.8 Å². The molecule has 0 aliphatic rings. The number of sulfonamides is 1. The fraction of sp³-hybridized carbons (Fsp3) is 0.440. The summed E-state index contributed by atoms with van der Waals surface area (Å²) in [5.41, 5.74) is 0.618. The summed E-state index contributed by atoms with van der Waals surface area (Å²) in [4.78, 5) is 27.7. The van der Waals surface area contributed by atoms with Crippen LogP contribution in [0.4, 0.5) is 5.69 Å². The van der Waals surface area contributed by atoms with Crippen molar-refractivity contribution in [2.45, 2.75) is 58.7 Å². The predicted molar refractivity (Wildman–Crippen MR) is 147 cm³/mol. The molecule has 0 fully saturated rings. The molecule has 0 heterocycles. The van der Waals surface area contributed by atoms with Gasteiger partial charge in [0.15, 0.2) is 0 Å². The Balaban J connectivity index is 2.22. The topological polar surface area (TPSA) is 86.8 Å². The summed E-state index contributed by atoms with van der Waals surface area (Å²) in [7, 11) is -3.59. The molecule has 0 saturated heterocycles. The lowest BCUT2D eigenvalue weighted by Gasteiger charge is -2.32. The molecule has 11 heteroatoms. The monoisotopic (exact) mass is 575 g/mol. The Morgan fingerprint density at radius 1 is 1.00 bits per heavy atom. The van der Waals surface area contributed by atoms with Crippen LogP contribution in [0.25, 0.3) is 0 Å². The quantitative estimate of drug-likeness (QED) is 0.403. The molecule has 7 nitrogen and oxygen atoms in total. The molecule has 0 aromatic heterocycles. The van der Waals surface area contributed by atoms with Gasteiger partial charge in [-0.25, -0.2) is 8.42 Å². The zero-order valence-electron chi connectivity index (χ0n) is 21.0. The maximum absolute atomic E-state index is 13.3. The molecule has 2 aromatic carbocycles. The van der Waals surface area contributed by atoms with Gasteiger partial charge in [-0.1, -0.05) is 40.9 Å². The van der Waals surface area contributed by atoms with Crippen LogP contribution < -0.4 is 9.62 Å². The first-order valence-corrected chi connectivity index (χ1v) is 14.4. The fourth-order valence-electron chi connectivity index (χ4n) is 3.50. The molecule has 0 unspecified atom stereocenters. The Bertz CT molecular complexity index is 1180. The Kier molecular flexibility index (Phi) is 10.5. The molecule has 0 bridgehead atoms. The van der Waals surface area contributed by atoms with Crippen LogP contribution in [-0.2, 0) is 26.2 Å². The van der Waals surface area contributed by atoms with Gasteiger partial charge < -0.3 is 10.2 Å². The van der Waals surface area contributed by atoms with Crippen molar-refractivity contribution in [3.8, 4) is 0 Å². The summed E-state index contributed by atoms with van der Waals surface area (Å²) < 4.78 is 26.0. The van der Waals surface area contributed by atoms with E-state index in [2.05, 4.69) is 5.32 Å². The van der Waals surface area contributed by atoms with Gasteiger partial charge in [0.05, 0.1) is 11.9 Å². The van der Waals surface area contributed by atoms with E-state index in [1.165, 1.54) is 9.21 Å². The fourth-order valence-corrected chi connectivity index (χ4v) is 5.06. The summed E-state index contributed by atoms with van der Waals surface area (Å²) in [6.45, 7) is 7.41. The van der Waals surface area contributed by atoms with Crippen LogP contribution in [0.5, 0.6) is 0 Å². The third-order valence-corrected chi connectivity index (χ3v) is 7.32. The average molecular weight is 577 g/mol. The lowest BCUT2D eigenvalue weighted by atomic mass is 10.1. The zero-order valence-corrected chi connectivity index (χ0v) is 24.1. The molecule has 1 N–H and O–H groups in total. The van der Waals surface area contributed by atoms with Crippen LogP contribution >= 0.6 is 34.8 Å². The smallest absolute Gasteiger partial charge is 0.242 e. The second-order valence-electron chi connectivity index (χ2n) is 9.59. The van der Waals surface area contributed by atoms with E-state index < -0.39 is 21.6 Å². The summed E-state index contributed by atoms with van der Waals surface area (Å²) in [6.07, 6.45) is 1.38. The van der Waals surface area contributed by atoms with Gasteiger partial charge in [-0.2, -0.15) is 0 Å². The van der Waals surface area contributed by atoms with Crippen LogP contribution in [0.3, 0.4) is 0 Å². The standard InChI is InChI=1S/C25H32Cl3N3O4S/c1-17(24(33)29-25(2,3)4)30(16-18-8-9-20(27)15-22(18)28)23(32)7-6-14-31(36(5,34)35)21-12-10-19(26)11-13-21/h8-13,15,17H,6-7,14,16H2,1-5H3,(H,29,33)/t17-/m1/s1. The maximum atomic E-state index is 13.3. The number of hydrogen-bond donors (Lipinski definition) is 1. The Morgan fingerprint density at radius 2 is 1.58 bits per heavy atom. The highest BCUT2D eigenvalue weighted by molar-refractivity contribution is 7.92. The first kappa shape index (κ1) is 30.2. The lowest BCUT2D eigenvalue weighted by molar-refractivity contribution is -0.141. The molecule has 0 aliphatic carbocycles. The summed E-state index contributed by atoms with van der Waals surface area (Å²) >= 11 is 18.3. The Labute approximate surface area is 228 Å². The minimum atomic E-state index is -3.59. The van der Waals surface area contributed by atoms with Crippen molar-refractivity contribution in [2.75, 3.05) is 17.1 Å². The molecule has 198 valence electrons. The average Bonchev–Trinajstić information content (AvgIpc) is 2.74. The number of nitrogens with zero attached hydrogens (tertiary/aromatic N) is 2. The van der Waals surface area contributed by atoms with E-state index in [-0.39, 0.29) is 37.7 Å². The highest BCUT2D eigenvalue weighted by atomic mass is 35.5. The number of rotatable bonds is 10. The van der Waals surface area contributed by atoms with Crippen molar-refractivity contribution in [3.05, 3.63) is 63.1 Å². The number of carbonyl (C=O) groups excluding carboxylic acids is 2. The van der Waals surface area contributed by atoms with E-state index >= 15 is 0 Å². The minimum Gasteiger partial charge on any atom is -0.350 e. The first-order valence-electron chi connectivity index (χ1n) is 11.4. The molecule has 0 aliphatic heterocycles. The van der Waals surface area contributed by atoms with Gasteiger partial charge in [-0.3, -0.25) is 13.9 Å². The molecule has 2 aromatic rings. The third-order valence-electron chi connectivity index (χ3n) is 5.29. The highest BCUT2D eigenvalue weighted by Gasteiger charge is 2.29. The molecule has 0 radical (unpaired) electrons. The summed E-state index contributed by atoms with van der Waals surface area (Å²) in [6, 6.07) is 10.6. The minimum absolute atomic E-state index is 0.0258. The Hall–Kier alpha value is -2.00. The van der Waals surface area contributed by atoms with Gasteiger partial charge in [0.1, 0.15) is 6.04 Å². The SMILES string of the molecule is C[C@H](C(=O)NC(C)(C)C)N(Cc1ccc(Cl)cc1Cl)C(=O)CCCN(c1ccc(Cl)cc1)S(C)(=O)=O. The van der Waals surface area contributed by atoms with Crippen LogP contribution in [0.15, 0.2) is 42.5 Å². The molecule has 2 amide bonds. The highest BCUT2D eigenvalue weighted by Crippen LogP contribution is 2.25. The molecular formula is C25H32Cl3N3O4S. The summed E-state index contributed by atoms with van der Waals surface area (Å²) in [5, 5.41) is 4.23. The van der Waals surface area contributed by atoms with E-state index in [9.17, 15) is 18.0 Å². The van der Waals surface area contributed by atoms with Crippen LogP contribution in [0, 0.1) is 0 Å². The molecule has 1 atom stereocenters. The van der Waals surface area contributed by atoms with Gasteiger partial charge in [-0.15, -0.1) is 0 Å². The normalized spacial score (nSPS) is 12.7. The lowest BCUT2D eigenvalue weighted by Crippen LogP contribution is -2.52. The number of carbonyl (C=O) groups is 2. The number of amides is 2. The van der Waals surface area contributed by atoms with Crippen molar-refractivity contribution in [3.63, 3.8) is 0 Å². The van der Waals surface area contributed by atoms with Gasteiger partial charge in [0.25, 0.3) is 0 Å². The molecule has 0 saturated carbocycles. The van der Waals surface area contributed by atoms with Crippen LogP contribution in [0.2, 0.25) is 15.1 Å². The molecule has 2 rings (SSSR count). The van der Waals surface area contributed by atoms with Crippen molar-refractivity contribution >= 4 is 62.3 Å². The van der Waals surface area contributed by atoms with Gasteiger partial charge in [0, 0.05) is 40.1 Å². The Morgan fingerprint density at radius 3 is 2.11 bits per heavy atom. The molecule has 36 heavy (non-hydrogen) atoms. The van der Waals surface area contributed by atoms with E-state index in [1.54, 1.807) is 49.4 Å². The number of benzene rings is 2. The van der Waals surface area contributed by atoms with Crippen molar-refractivity contribution in [2.24, 2.45) is 0 Å². The first-order chi connectivity index (χ1) is 16.6. The zero-order chi connectivity index (χ0) is 27.3. The van der Waals surface area contributed by atoms with Crippen LogP contribution in [-0.4, -0.2) is 49.5 Å². The molecular weight excluding hydrogens is 545 g/mol. The van der Waals surface area contributed by atoms with Crippen molar-refractivity contribution in [1.29, 1.82) is 0 Å². The maximum Gasteiger partial charge on any atom is 0.242 e.